The number of hydrogen-bond donors (Lipinski definition) is 0. The predicted molar refractivity (Wildman–Crippen MR) is 173 cm³/mol. The number of benzene rings is 2. The van der Waals surface area contributed by atoms with Gasteiger partial charge in [-0.15, -0.1) is 0 Å². The third-order valence-electron chi connectivity index (χ3n) is 7.46. The standard InChI is InChI=1S/C34H34ClN3O5S/c1-7-37(8-2)32(40)29-21(6)36-34-38(30(29)22-9-12-24(35)13-10-22)31(39)28(44-34)18-25-14-16-27(43-25)26-15-11-23(17-20(26)5)33(41)42-19(3)4/h9-19,30H,7-8H2,1-6H3/b28-18-/t30-/m1/s1. The van der Waals surface area contributed by atoms with Gasteiger partial charge < -0.3 is 14.1 Å². The topological polar surface area (TPSA) is 94.1 Å². The first-order chi connectivity index (χ1) is 21.0. The Bertz CT molecular complexity index is 1950. The second kappa shape index (κ2) is 12.8. The van der Waals surface area contributed by atoms with Crippen LogP contribution in [-0.4, -0.2) is 40.5 Å². The van der Waals surface area contributed by atoms with Crippen molar-refractivity contribution in [2.75, 3.05) is 13.1 Å². The third kappa shape index (κ3) is 6.07. The summed E-state index contributed by atoms with van der Waals surface area (Å²) in [6.45, 7) is 12.3. The van der Waals surface area contributed by atoms with Gasteiger partial charge >= 0.3 is 5.97 Å². The largest absolute Gasteiger partial charge is 0.459 e. The van der Waals surface area contributed by atoms with Crippen molar-refractivity contribution in [1.29, 1.82) is 0 Å². The maximum atomic E-state index is 14.0. The summed E-state index contributed by atoms with van der Waals surface area (Å²) in [5, 5.41) is 0.562. The number of allylic oxidation sites excluding steroid dienone is 1. The maximum absolute atomic E-state index is 14.0. The van der Waals surface area contributed by atoms with E-state index >= 15 is 0 Å². The van der Waals surface area contributed by atoms with Gasteiger partial charge in [-0.2, -0.15) is 0 Å². The van der Waals surface area contributed by atoms with Gasteiger partial charge in [0.2, 0.25) is 0 Å². The van der Waals surface area contributed by atoms with Crippen molar-refractivity contribution in [1.82, 2.24) is 9.47 Å². The van der Waals surface area contributed by atoms with Crippen molar-refractivity contribution in [2.24, 2.45) is 4.99 Å². The van der Waals surface area contributed by atoms with Gasteiger partial charge in [0.05, 0.1) is 33.5 Å². The summed E-state index contributed by atoms with van der Waals surface area (Å²) >= 11 is 7.43. The fourth-order valence-corrected chi connectivity index (χ4v) is 6.44. The van der Waals surface area contributed by atoms with Crippen LogP contribution in [0.2, 0.25) is 5.02 Å². The molecule has 0 bridgehead atoms. The highest BCUT2D eigenvalue weighted by molar-refractivity contribution is 7.07. The second-order valence-corrected chi connectivity index (χ2v) is 12.2. The Kier molecular flexibility index (Phi) is 9.08. The van der Waals surface area contributed by atoms with E-state index in [0.717, 1.165) is 16.7 Å². The number of nitrogens with zero attached hydrogens (tertiary/aromatic N) is 3. The molecule has 228 valence electrons. The van der Waals surface area contributed by atoms with Gasteiger partial charge in [0.25, 0.3) is 11.5 Å². The minimum atomic E-state index is -0.658. The fraction of sp³-hybridized carbons (Fsp3) is 0.294. The maximum Gasteiger partial charge on any atom is 0.338 e. The molecule has 2 aromatic heterocycles. The molecule has 10 heteroatoms. The van der Waals surface area contributed by atoms with Crippen LogP contribution in [0.5, 0.6) is 0 Å². The molecule has 1 aliphatic rings. The average molecular weight is 632 g/mol. The zero-order valence-electron chi connectivity index (χ0n) is 25.5. The molecule has 4 aromatic rings. The van der Waals surface area contributed by atoms with E-state index in [1.807, 2.05) is 65.8 Å². The molecule has 44 heavy (non-hydrogen) atoms. The number of thiazole rings is 1. The number of likely N-dealkylation sites (N-methyl/N-ethyl adjacent to an activating group) is 1. The van der Waals surface area contributed by atoms with Crippen molar-refractivity contribution in [3.8, 4) is 11.3 Å². The molecular weight excluding hydrogens is 598 g/mol. The van der Waals surface area contributed by atoms with E-state index in [1.165, 1.54) is 11.3 Å². The summed E-state index contributed by atoms with van der Waals surface area (Å²) in [4.78, 5) is 47.0. The van der Waals surface area contributed by atoms with Crippen LogP contribution in [0.15, 0.2) is 80.1 Å². The average Bonchev–Trinajstić information content (AvgIpc) is 3.56. The van der Waals surface area contributed by atoms with Gasteiger partial charge in [-0.25, -0.2) is 9.79 Å². The fourth-order valence-electron chi connectivity index (χ4n) is 5.29. The number of carbonyl (C=O) groups excluding carboxylic acids is 2. The SMILES string of the molecule is CCN(CC)C(=O)C1=C(C)N=c2s/c(=C\c3ccc(-c4ccc(C(=O)OC(C)C)cc4C)o3)c(=O)n2[C@@H]1c1ccc(Cl)cc1. The van der Waals surface area contributed by atoms with Gasteiger partial charge in [0.15, 0.2) is 4.80 Å². The number of halogens is 1. The number of carbonyl (C=O) groups is 2. The van der Waals surface area contributed by atoms with Crippen molar-refractivity contribution in [3.63, 3.8) is 0 Å². The Morgan fingerprint density at radius 1 is 1.09 bits per heavy atom. The van der Waals surface area contributed by atoms with E-state index in [2.05, 4.69) is 0 Å². The lowest BCUT2D eigenvalue weighted by molar-refractivity contribution is -0.127. The minimum Gasteiger partial charge on any atom is -0.459 e. The van der Waals surface area contributed by atoms with Crippen LogP contribution in [0.3, 0.4) is 0 Å². The van der Waals surface area contributed by atoms with Crippen LogP contribution >= 0.6 is 22.9 Å². The molecule has 3 heterocycles. The molecule has 1 atom stereocenters. The highest BCUT2D eigenvalue weighted by Crippen LogP contribution is 2.32. The monoisotopic (exact) mass is 631 g/mol. The summed E-state index contributed by atoms with van der Waals surface area (Å²) in [6, 6.07) is 15.5. The Morgan fingerprint density at radius 3 is 2.43 bits per heavy atom. The van der Waals surface area contributed by atoms with Gasteiger partial charge in [0, 0.05) is 29.8 Å². The number of esters is 1. The molecule has 2 aromatic carbocycles. The van der Waals surface area contributed by atoms with E-state index in [1.54, 1.807) is 45.9 Å². The molecule has 8 nitrogen and oxygen atoms in total. The smallest absolute Gasteiger partial charge is 0.338 e. The number of amides is 1. The quantitative estimate of drug-likeness (QED) is 0.226. The van der Waals surface area contributed by atoms with Crippen LogP contribution in [0, 0.1) is 6.92 Å². The summed E-state index contributed by atoms with van der Waals surface area (Å²) in [5.41, 5.74) is 3.68. The molecule has 0 fully saturated rings. The number of fused-ring (bicyclic) bond motifs is 1. The second-order valence-electron chi connectivity index (χ2n) is 10.8. The lowest BCUT2D eigenvalue weighted by Crippen LogP contribution is -2.43. The Hall–Kier alpha value is -4.21. The highest BCUT2D eigenvalue weighted by Gasteiger charge is 2.34. The Balaban J connectivity index is 1.56. The van der Waals surface area contributed by atoms with Crippen molar-refractivity contribution >= 4 is 40.9 Å². The number of ether oxygens (including phenoxy) is 1. The third-order valence-corrected chi connectivity index (χ3v) is 8.69. The number of furan rings is 1. The normalized spacial score (nSPS) is 14.9. The van der Waals surface area contributed by atoms with E-state index in [4.69, 9.17) is 25.7 Å². The molecule has 0 unspecified atom stereocenters. The minimum absolute atomic E-state index is 0.153. The molecule has 0 aliphatic carbocycles. The van der Waals surface area contributed by atoms with E-state index in [-0.39, 0.29) is 23.5 Å². The molecule has 0 spiro atoms. The van der Waals surface area contributed by atoms with Crippen LogP contribution < -0.4 is 14.9 Å². The van der Waals surface area contributed by atoms with Gasteiger partial charge in [-0.05, 0) is 89.1 Å². The lowest BCUT2D eigenvalue weighted by atomic mass is 9.94. The Labute approximate surface area is 264 Å². The van der Waals surface area contributed by atoms with E-state index in [0.29, 0.717) is 55.8 Å². The first-order valence-corrected chi connectivity index (χ1v) is 15.7. The van der Waals surface area contributed by atoms with Crippen LogP contribution in [0.4, 0.5) is 0 Å². The van der Waals surface area contributed by atoms with Crippen LogP contribution in [-0.2, 0) is 9.53 Å². The molecule has 0 saturated carbocycles. The molecule has 0 saturated heterocycles. The molecule has 5 rings (SSSR count). The van der Waals surface area contributed by atoms with Gasteiger partial charge in [0.1, 0.15) is 11.5 Å². The zero-order chi connectivity index (χ0) is 31.7. The molecule has 1 aliphatic heterocycles. The molecule has 0 radical (unpaired) electrons. The van der Waals surface area contributed by atoms with Crippen LogP contribution in [0.25, 0.3) is 17.4 Å². The van der Waals surface area contributed by atoms with Crippen molar-refractivity contribution < 1.29 is 18.7 Å². The first-order valence-electron chi connectivity index (χ1n) is 14.5. The Morgan fingerprint density at radius 2 is 1.80 bits per heavy atom. The van der Waals surface area contributed by atoms with Gasteiger partial charge in [-0.3, -0.25) is 14.2 Å². The summed E-state index contributed by atoms with van der Waals surface area (Å²) in [7, 11) is 0. The summed E-state index contributed by atoms with van der Waals surface area (Å²) in [6.07, 6.45) is 1.49. The van der Waals surface area contributed by atoms with E-state index in [9.17, 15) is 14.4 Å². The van der Waals surface area contributed by atoms with Crippen LogP contribution in [0.1, 0.15) is 67.9 Å². The van der Waals surface area contributed by atoms with E-state index < -0.39 is 6.04 Å². The molecular formula is C34H34ClN3O5S. The molecule has 1 amide bonds. The predicted octanol–water partition coefficient (Wildman–Crippen LogP) is 5.89. The van der Waals surface area contributed by atoms with Crippen molar-refractivity contribution in [3.05, 3.63) is 113 Å². The molecule has 0 N–H and O–H groups in total. The number of aryl methyl sites for hydroxylation is 1. The number of rotatable bonds is 8. The van der Waals surface area contributed by atoms with Gasteiger partial charge in [-0.1, -0.05) is 41.1 Å². The number of hydrogen-bond acceptors (Lipinski definition) is 7. The highest BCUT2D eigenvalue weighted by atomic mass is 35.5. The summed E-state index contributed by atoms with van der Waals surface area (Å²) < 4.78 is 13.5. The number of aromatic nitrogens is 1. The zero-order valence-corrected chi connectivity index (χ0v) is 27.1. The summed E-state index contributed by atoms with van der Waals surface area (Å²) in [5.74, 6) is 0.567. The lowest BCUT2D eigenvalue weighted by Gasteiger charge is -2.29. The van der Waals surface area contributed by atoms with Crippen molar-refractivity contribution in [2.45, 2.75) is 53.7 Å². The first kappa shape index (κ1) is 31.2.